The molecule has 1 aliphatic rings. The SMILES string of the molecule is CCNC(=NCc1cccc(Cn2ccnc2C)c1)NCC1(CCOC)CCCC1.I. The van der Waals surface area contributed by atoms with Crippen LogP contribution in [0.4, 0.5) is 0 Å². The summed E-state index contributed by atoms with van der Waals surface area (Å²) in [6.45, 7) is 8.30. The van der Waals surface area contributed by atoms with Crippen molar-refractivity contribution in [2.75, 3.05) is 26.8 Å². The summed E-state index contributed by atoms with van der Waals surface area (Å²) in [6, 6.07) is 8.67. The first-order chi connectivity index (χ1) is 14.6. The molecule has 0 saturated heterocycles. The lowest BCUT2D eigenvalue weighted by Crippen LogP contribution is -2.43. The molecule has 1 aromatic carbocycles. The minimum absolute atomic E-state index is 0. The zero-order valence-corrected chi connectivity index (χ0v) is 21.5. The fraction of sp³-hybridized carbons (Fsp3) is 0.583. The third-order valence-corrected chi connectivity index (χ3v) is 6.16. The van der Waals surface area contributed by atoms with E-state index in [1.807, 2.05) is 19.3 Å². The molecular weight excluding hydrogens is 501 g/mol. The molecule has 0 bridgehead atoms. The lowest BCUT2D eigenvalue weighted by Gasteiger charge is -2.30. The number of guanidine groups is 1. The largest absolute Gasteiger partial charge is 0.385 e. The maximum Gasteiger partial charge on any atom is 0.191 e. The van der Waals surface area contributed by atoms with Gasteiger partial charge in [-0.05, 0) is 49.7 Å². The Labute approximate surface area is 204 Å². The topological polar surface area (TPSA) is 63.5 Å². The first-order valence-corrected chi connectivity index (χ1v) is 11.2. The smallest absolute Gasteiger partial charge is 0.191 e. The third kappa shape index (κ3) is 7.79. The quantitative estimate of drug-likeness (QED) is 0.265. The van der Waals surface area contributed by atoms with Crippen molar-refractivity contribution in [2.45, 2.75) is 59.0 Å². The van der Waals surface area contributed by atoms with Gasteiger partial charge in [0.25, 0.3) is 0 Å². The predicted molar refractivity (Wildman–Crippen MR) is 138 cm³/mol. The van der Waals surface area contributed by atoms with Crippen LogP contribution in [0.25, 0.3) is 0 Å². The van der Waals surface area contributed by atoms with Crippen molar-refractivity contribution >= 4 is 29.9 Å². The van der Waals surface area contributed by atoms with Gasteiger partial charge in [-0.15, -0.1) is 24.0 Å². The first-order valence-electron chi connectivity index (χ1n) is 11.2. The standard InChI is InChI=1S/C24H37N5O.HI/c1-4-25-23(28-19-24(12-15-30-3)10-5-6-11-24)27-17-21-8-7-9-22(16-21)18-29-14-13-26-20(29)2;/h7-9,13-14,16H,4-6,10-12,15,17-19H2,1-3H3,(H2,25,27,28);1H. The third-order valence-electron chi connectivity index (χ3n) is 6.16. The van der Waals surface area contributed by atoms with Crippen molar-refractivity contribution < 1.29 is 4.74 Å². The highest BCUT2D eigenvalue weighted by Gasteiger charge is 2.33. The summed E-state index contributed by atoms with van der Waals surface area (Å²) in [4.78, 5) is 9.16. The molecule has 1 saturated carbocycles. The molecule has 1 aromatic heterocycles. The molecule has 1 aliphatic carbocycles. The molecule has 0 spiro atoms. The van der Waals surface area contributed by atoms with E-state index >= 15 is 0 Å². The molecule has 2 aromatic rings. The molecule has 0 amide bonds. The van der Waals surface area contributed by atoms with Crippen LogP contribution >= 0.6 is 24.0 Å². The van der Waals surface area contributed by atoms with E-state index in [1.165, 1.54) is 36.8 Å². The highest BCUT2D eigenvalue weighted by atomic mass is 127. The molecular formula is C24H38IN5O. The fourth-order valence-electron chi connectivity index (χ4n) is 4.34. The number of nitrogens with one attached hydrogen (secondary N) is 2. The van der Waals surface area contributed by atoms with Gasteiger partial charge in [0.1, 0.15) is 5.82 Å². The van der Waals surface area contributed by atoms with Crippen LogP contribution in [0.1, 0.15) is 56.0 Å². The van der Waals surface area contributed by atoms with E-state index in [9.17, 15) is 0 Å². The number of benzene rings is 1. The number of hydrogen-bond acceptors (Lipinski definition) is 3. The van der Waals surface area contributed by atoms with Gasteiger partial charge in [-0.25, -0.2) is 9.98 Å². The lowest BCUT2D eigenvalue weighted by atomic mass is 9.83. The summed E-state index contributed by atoms with van der Waals surface area (Å²) in [6.07, 6.45) is 10.2. The summed E-state index contributed by atoms with van der Waals surface area (Å²) in [7, 11) is 1.80. The minimum atomic E-state index is 0. The van der Waals surface area contributed by atoms with Crippen LogP contribution in [0.3, 0.4) is 0 Å². The van der Waals surface area contributed by atoms with Crippen LogP contribution in [0.5, 0.6) is 0 Å². The van der Waals surface area contributed by atoms with Gasteiger partial charge in [0.15, 0.2) is 5.96 Å². The van der Waals surface area contributed by atoms with E-state index in [0.717, 1.165) is 44.4 Å². The zero-order valence-electron chi connectivity index (χ0n) is 19.2. The average molecular weight is 540 g/mol. The van der Waals surface area contributed by atoms with Gasteiger partial charge >= 0.3 is 0 Å². The van der Waals surface area contributed by atoms with E-state index < -0.39 is 0 Å². The fourth-order valence-corrected chi connectivity index (χ4v) is 4.34. The number of rotatable bonds is 10. The van der Waals surface area contributed by atoms with Gasteiger partial charge in [-0.3, -0.25) is 0 Å². The number of hydrogen-bond donors (Lipinski definition) is 2. The molecule has 1 fully saturated rings. The Morgan fingerprint density at radius 2 is 2.00 bits per heavy atom. The summed E-state index contributed by atoms with van der Waals surface area (Å²) in [5.41, 5.74) is 2.83. The van der Waals surface area contributed by atoms with Crippen LogP contribution < -0.4 is 10.6 Å². The number of aromatic nitrogens is 2. The molecule has 7 heteroatoms. The van der Waals surface area contributed by atoms with Crippen LogP contribution in [0.15, 0.2) is 41.7 Å². The Morgan fingerprint density at radius 3 is 2.68 bits per heavy atom. The van der Waals surface area contributed by atoms with Crippen molar-refractivity contribution in [3.63, 3.8) is 0 Å². The van der Waals surface area contributed by atoms with Crippen molar-refractivity contribution in [1.29, 1.82) is 0 Å². The number of aliphatic imine (C=N–C) groups is 1. The first kappa shape index (κ1) is 25.6. The van der Waals surface area contributed by atoms with Gasteiger partial charge < -0.3 is 19.9 Å². The van der Waals surface area contributed by atoms with Crippen molar-refractivity contribution in [1.82, 2.24) is 20.2 Å². The van der Waals surface area contributed by atoms with Gasteiger partial charge in [0, 0.05) is 45.7 Å². The van der Waals surface area contributed by atoms with Gasteiger partial charge in [0.2, 0.25) is 0 Å². The Bertz CT molecular complexity index is 814. The van der Waals surface area contributed by atoms with Gasteiger partial charge in [-0.1, -0.05) is 37.1 Å². The van der Waals surface area contributed by atoms with Gasteiger partial charge in [0.05, 0.1) is 6.54 Å². The Balaban J connectivity index is 0.00000341. The maximum atomic E-state index is 5.37. The molecule has 0 aliphatic heterocycles. The zero-order chi connectivity index (χ0) is 21.2. The molecule has 0 atom stereocenters. The Hall–Kier alpha value is -1.61. The molecule has 0 unspecified atom stereocenters. The number of halogens is 1. The van der Waals surface area contributed by atoms with Gasteiger partial charge in [-0.2, -0.15) is 0 Å². The summed E-state index contributed by atoms with van der Waals surface area (Å²) in [5, 5.41) is 7.02. The number of nitrogens with zero attached hydrogens (tertiary/aromatic N) is 3. The molecule has 6 nitrogen and oxygen atoms in total. The molecule has 3 rings (SSSR count). The van der Waals surface area contributed by atoms with Crippen molar-refractivity contribution in [3.8, 4) is 0 Å². The summed E-state index contributed by atoms with van der Waals surface area (Å²) >= 11 is 0. The second-order valence-electron chi connectivity index (χ2n) is 8.42. The van der Waals surface area contributed by atoms with E-state index in [4.69, 9.17) is 9.73 Å². The number of methoxy groups -OCH3 is 1. The van der Waals surface area contributed by atoms with Crippen LogP contribution in [-0.2, 0) is 17.8 Å². The maximum absolute atomic E-state index is 5.37. The highest BCUT2D eigenvalue weighted by molar-refractivity contribution is 14.0. The Morgan fingerprint density at radius 1 is 1.23 bits per heavy atom. The normalized spacial score (nSPS) is 15.5. The summed E-state index contributed by atoms with van der Waals surface area (Å²) < 4.78 is 7.53. The molecule has 2 N–H and O–H groups in total. The predicted octanol–water partition coefficient (Wildman–Crippen LogP) is 4.51. The number of ether oxygens (including phenoxy) is 1. The summed E-state index contributed by atoms with van der Waals surface area (Å²) in [5.74, 6) is 1.93. The van der Waals surface area contributed by atoms with Crippen LogP contribution in [0.2, 0.25) is 0 Å². The molecule has 1 heterocycles. The van der Waals surface area contributed by atoms with Crippen LogP contribution in [0, 0.1) is 12.3 Å². The number of aryl methyl sites for hydroxylation is 1. The second kappa shape index (κ2) is 13.1. The lowest BCUT2D eigenvalue weighted by molar-refractivity contribution is 0.138. The second-order valence-corrected chi connectivity index (χ2v) is 8.42. The molecule has 0 radical (unpaired) electrons. The van der Waals surface area contributed by atoms with E-state index in [0.29, 0.717) is 12.0 Å². The average Bonchev–Trinajstić information content (AvgIpc) is 3.39. The molecule has 31 heavy (non-hydrogen) atoms. The number of imidazole rings is 1. The van der Waals surface area contributed by atoms with Crippen LogP contribution in [-0.4, -0.2) is 42.3 Å². The van der Waals surface area contributed by atoms with Crippen molar-refractivity contribution in [2.24, 2.45) is 10.4 Å². The van der Waals surface area contributed by atoms with E-state index in [-0.39, 0.29) is 24.0 Å². The molecule has 172 valence electrons. The van der Waals surface area contributed by atoms with E-state index in [2.05, 4.69) is 51.4 Å². The highest BCUT2D eigenvalue weighted by Crippen LogP contribution is 2.40. The van der Waals surface area contributed by atoms with Crippen molar-refractivity contribution in [3.05, 3.63) is 53.6 Å². The minimum Gasteiger partial charge on any atom is -0.385 e. The Kier molecular flexibility index (Phi) is 10.8. The monoisotopic (exact) mass is 539 g/mol. The van der Waals surface area contributed by atoms with E-state index in [1.54, 1.807) is 7.11 Å².